The molecule has 0 saturated carbocycles. The summed E-state index contributed by atoms with van der Waals surface area (Å²) in [7, 11) is 0. The van der Waals surface area contributed by atoms with Crippen LogP contribution in [-0.2, 0) is 0 Å². The van der Waals surface area contributed by atoms with Crippen LogP contribution in [-0.4, -0.2) is 75.4 Å². The molecule has 4 aromatic rings. The van der Waals surface area contributed by atoms with Gasteiger partial charge in [0.25, 0.3) is 5.92 Å². The number of nitrogens with zero attached hydrogens (tertiary/aromatic N) is 5. The van der Waals surface area contributed by atoms with Gasteiger partial charge in [0.05, 0.1) is 23.0 Å². The van der Waals surface area contributed by atoms with E-state index in [0.29, 0.717) is 11.9 Å². The third kappa shape index (κ3) is 5.15. The Morgan fingerprint density at radius 1 is 1.13 bits per heavy atom. The number of aromatic nitrogens is 3. The molecular formula is C32H29F5N6O2. The number of phenolic OH excluding ortho intramolecular Hbond substituents is 1. The van der Waals surface area contributed by atoms with Gasteiger partial charge in [-0.1, -0.05) is 12.0 Å². The number of benzene rings is 2. The highest BCUT2D eigenvalue weighted by molar-refractivity contribution is 6.03. The zero-order chi connectivity index (χ0) is 31.5. The van der Waals surface area contributed by atoms with Crippen molar-refractivity contribution < 1.29 is 31.8 Å². The Balaban J connectivity index is 1.38. The quantitative estimate of drug-likeness (QED) is 0.222. The lowest BCUT2D eigenvalue weighted by molar-refractivity contribution is -0.00178. The van der Waals surface area contributed by atoms with Crippen molar-refractivity contribution in [3.63, 3.8) is 0 Å². The molecule has 3 fully saturated rings. The van der Waals surface area contributed by atoms with Crippen LogP contribution in [0.2, 0.25) is 0 Å². The number of ether oxygens (including phenoxy) is 1. The van der Waals surface area contributed by atoms with Crippen LogP contribution >= 0.6 is 0 Å². The van der Waals surface area contributed by atoms with Gasteiger partial charge in [-0.2, -0.15) is 9.97 Å². The number of terminal acetylenes is 1. The number of anilines is 1. The van der Waals surface area contributed by atoms with Crippen molar-refractivity contribution in [2.45, 2.75) is 49.7 Å². The van der Waals surface area contributed by atoms with E-state index in [1.54, 1.807) is 0 Å². The number of hydrazine groups is 1. The highest BCUT2D eigenvalue weighted by Gasteiger charge is 2.49. The molecule has 2 aromatic carbocycles. The molecule has 2 aromatic heterocycles. The van der Waals surface area contributed by atoms with Gasteiger partial charge in [0.1, 0.15) is 35.6 Å². The first kappa shape index (κ1) is 29.4. The Hall–Kier alpha value is -4.28. The predicted molar refractivity (Wildman–Crippen MR) is 158 cm³/mol. The van der Waals surface area contributed by atoms with Crippen molar-refractivity contribution in [2.75, 3.05) is 37.8 Å². The molecular weight excluding hydrogens is 595 g/mol. The largest absolute Gasteiger partial charge is 0.508 e. The molecule has 0 bridgehead atoms. The summed E-state index contributed by atoms with van der Waals surface area (Å²) in [5.41, 5.74) is 1.56. The predicted octanol–water partition coefficient (Wildman–Crippen LogP) is 5.51. The molecule has 2 N–H and O–H groups in total. The van der Waals surface area contributed by atoms with E-state index in [1.807, 2.05) is 0 Å². The average Bonchev–Trinajstić information content (AvgIpc) is 3.46. The van der Waals surface area contributed by atoms with Gasteiger partial charge in [0.2, 0.25) is 0 Å². The third-order valence-corrected chi connectivity index (χ3v) is 9.03. The number of nitrogens with one attached hydrogen (secondary N) is 1. The van der Waals surface area contributed by atoms with Crippen molar-refractivity contribution in [1.29, 1.82) is 0 Å². The van der Waals surface area contributed by atoms with Gasteiger partial charge in [-0.3, -0.25) is 14.9 Å². The molecule has 7 rings (SSSR count). The lowest BCUT2D eigenvalue weighted by Crippen LogP contribution is -2.44. The normalized spacial score (nSPS) is 23.3. The number of aromatic hydroxyl groups is 1. The Morgan fingerprint density at radius 2 is 1.96 bits per heavy atom. The molecule has 0 unspecified atom stereocenters. The van der Waals surface area contributed by atoms with Crippen LogP contribution in [0.15, 0.2) is 30.5 Å². The molecule has 13 heteroatoms. The van der Waals surface area contributed by atoms with Crippen molar-refractivity contribution in [1.82, 2.24) is 25.3 Å². The van der Waals surface area contributed by atoms with E-state index in [4.69, 9.17) is 11.2 Å². The number of hydrogen-bond acceptors (Lipinski definition) is 8. The van der Waals surface area contributed by atoms with E-state index in [0.717, 1.165) is 25.5 Å². The van der Waals surface area contributed by atoms with Gasteiger partial charge in [-0.15, -0.1) is 6.42 Å². The van der Waals surface area contributed by atoms with Gasteiger partial charge in [0.15, 0.2) is 11.6 Å². The summed E-state index contributed by atoms with van der Waals surface area (Å²) < 4.78 is 80.3. The Morgan fingerprint density at radius 3 is 2.78 bits per heavy atom. The maximum absolute atomic E-state index is 16.6. The van der Waals surface area contributed by atoms with Crippen LogP contribution in [0, 0.1) is 24.0 Å². The zero-order valence-corrected chi connectivity index (χ0v) is 24.1. The average molecular weight is 625 g/mol. The molecule has 2 atom stereocenters. The summed E-state index contributed by atoms with van der Waals surface area (Å²) in [6.07, 6.45) is 7.59. The van der Waals surface area contributed by atoms with Crippen LogP contribution in [0.5, 0.6) is 11.8 Å². The van der Waals surface area contributed by atoms with E-state index in [-0.39, 0.29) is 83.1 Å². The standard InChI is InChI=1S/C32H29F5N6O2/c1-2-21-24(34)6-5-18-11-20(44)12-22(25(18)21)27-26(35)28-23(14-38-27)29(43-10-4-8-32(36,37)16-39-43)41-30(40-28)45-17-31-7-3-9-42(31)15-19(33)13-31/h1,5-6,11-12,14,19,39,44H,3-4,7-10,13,15-17H2/t19-,31+/m1/s1. The topological polar surface area (TPSA) is 86.6 Å². The summed E-state index contributed by atoms with van der Waals surface area (Å²) >= 11 is 0. The minimum absolute atomic E-state index is 0.0347. The van der Waals surface area contributed by atoms with Crippen molar-refractivity contribution >= 4 is 27.5 Å². The van der Waals surface area contributed by atoms with E-state index >= 15 is 4.39 Å². The minimum Gasteiger partial charge on any atom is -0.508 e. The maximum Gasteiger partial charge on any atom is 0.319 e. The van der Waals surface area contributed by atoms with Crippen molar-refractivity contribution in [3.8, 4) is 35.4 Å². The van der Waals surface area contributed by atoms with Gasteiger partial charge in [-0.25, -0.2) is 27.4 Å². The lowest BCUT2D eigenvalue weighted by Gasteiger charge is -2.31. The molecule has 8 nitrogen and oxygen atoms in total. The van der Waals surface area contributed by atoms with Crippen LogP contribution < -0.4 is 15.2 Å². The minimum atomic E-state index is -2.95. The van der Waals surface area contributed by atoms with Crippen LogP contribution in [0.1, 0.15) is 37.7 Å². The third-order valence-electron chi connectivity index (χ3n) is 9.03. The van der Waals surface area contributed by atoms with E-state index < -0.39 is 35.8 Å². The van der Waals surface area contributed by atoms with E-state index in [9.17, 15) is 22.7 Å². The summed E-state index contributed by atoms with van der Waals surface area (Å²) in [6, 6.07) is 4.97. The molecule has 45 heavy (non-hydrogen) atoms. The molecule has 0 aliphatic carbocycles. The van der Waals surface area contributed by atoms with Crippen molar-refractivity contribution in [3.05, 3.63) is 47.7 Å². The molecule has 0 spiro atoms. The Kier molecular flexibility index (Phi) is 7.17. The van der Waals surface area contributed by atoms with Crippen LogP contribution in [0.25, 0.3) is 32.9 Å². The first-order chi connectivity index (χ1) is 21.6. The van der Waals surface area contributed by atoms with Gasteiger partial charge < -0.3 is 9.84 Å². The molecule has 0 amide bonds. The zero-order valence-electron chi connectivity index (χ0n) is 24.1. The SMILES string of the molecule is C#Cc1c(F)ccc2cc(O)cc(-c3ncc4c(N5CCCC(F)(F)CN5)nc(OC[C@@]56CCCN5C[C@H](F)C6)nc4c3F)c12. The smallest absolute Gasteiger partial charge is 0.319 e. The summed E-state index contributed by atoms with van der Waals surface area (Å²) in [5, 5.41) is 12.5. The second kappa shape index (κ2) is 11.0. The molecule has 234 valence electrons. The lowest BCUT2D eigenvalue weighted by atomic mass is 9.95. The van der Waals surface area contributed by atoms with E-state index in [2.05, 4.69) is 31.2 Å². The van der Waals surface area contributed by atoms with Crippen LogP contribution in [0.3, 0.4) is 0 Å². The molecule has 3 saturated heterocycles. The van der Waals surface area contributed by atoms with E-state index in [1.165, 1.54) is 29.4 Å². The number of fused-ring (bicyclic) bond motifs is 3. The number of pyridine rings is 1. The second-order valence-electron chi connectivity index (χ2n) is 12.0. The molecule has 3 aliphatic rings. The highest BCUT2D eigenvalue weighted by Crippen LogP contribution is 2.42. The summed E-state index contributed by atoms with van der Waals surface area (Å²) in [5.74, 6) is -2.44. The fourth-order valence-electron chi connectivity index (χ4n) is 6.94. The van der Waals surface area contributed by atoms with Gasteiger partial charge in [0, 0.05) is 43.1 Å². The van der Waals surface area contributed by atoms with Gasteiger partial charge in [-0.05, 0) is 49.4 Å². The first-order valence-corrected chi connectivity index (χ1v) is 14.8. The number of hydrogen-bond donors (Lipinski definition) is 2. The number of halogens is 5. The van der Waals surface area contributed by atoms with Crippen molar-refractivity contribution in [2.24, 2.45) is 0 Å². The highest BCUT2D eigenvalue weighted by atomic mass is 19.3. The van der Waals surface area contributed by atoms with Gasteiger partial charge >= 0.3 is 6.01 Å². The molecule has 3 aliphatic heterocycles. The second-order valence-corrected chi connectivity index (χ2v) is 12.0. The summed E-state index contributed by atoms with van der Waals surface area (Å²) in [6.45, 7) is 0.579. The Bertz CT molecular complexity index is 1870. The van der Waals surface area contributed by atoms with Crippen LogP contribution in [0.4, 0.5) is 27.8 Å². The fourth-order valence-corrected chi connectivity index (χ4v) is 6.94. The monoisotopic (exact) mass is 624 g/mol. The number of rotatable bonds is 5. The number of alkyl halides is 3. The summed E-state index contributed by atoms with van der Waals surface area (Å²) in [4.78, 5) is 15.3. The molecule has 5 heterocycles. The fraction of sp³-hybridized carbons (Fsp3) is 0.406. The molecule has 0 radical (unpaired) electrons. The first-order valence-electron chi connectivity index (χ1n) is 14.8. The maximum atomic E-state index is 16.6. The number of phenols is 1. The Labute approximate surface area is 255 Å².